The molecule has 1 atom stereocenters. The number of hydrogen-bond acceptors (Lipinski definition) is 4. The van der Waals surface area contributed by atoms with E-state index in [2.05, 4.69) is 9.88 Å². The topological polar surface area (TPSA) is 25.4 Å². The van der Waals surface area contributed by atoms with Crippen molar-refractivity contribution in [2.75, 3.05) is 18.8 Å². The summed E-state index contributed by atoms with van der Waals surface area (Å²) in [7, 11) is 0. The number of pyridine rings is 1. The highest BCUT2D eigenvalue weighted by atomic mass is 32.2. The van der Waals surface area contributed by atoms with Crippen LogP contribution in [0.3, 0.4) is 0 Å². The summed E-state index contributed by atoms with van der Waals surface area (Å²) >= 11 is 2.01. The minimum atomic E-state index is -0.103. The van der Waals surface area contributed by atoms with E-state index < -0.39 is 0 Å². The number of aromatic nitrogens is 1. The Labute approximate surface area is 146 Å². The molecule has 0 aliphatic carbocycles. The minimum absolute atomic E-state index is 0.103. The van der Waals surface area contributed by atoms with Crippen molar-refractivity contribution >= 4 is 11.8 Å². The molecule has 0 radical (unpaired) electrons. The lowest BCUT2D eigenvalue weighted by Crippen LogP contribution is -2.58. The maximum Gasteiger partial charge on any atom is 0.127 e. The normalized spacial score (nSPS) is 22.6. The summed E-state index contributed by atoms with van der Waals surface area (Å²) in [5.74, 6) is 0.939. The predicted octanol–water partition coefficient (Wildman–Crippen LogP) is 3.50. The molecule has 126 valence electrons. The average Bonchev–Trinajstić information content (AvgIpc) is 3.00. The molecule has 1 aromatic carbocycles. The fourth-order valence-corrected chi connectivity index (χ4v) is 5.17. The van der Waals surface area contributed by atoms with E-state index in [1.165, 1.54) is 6.07 Å². The maximum atomic E-state index is 13.7. The Bertz CT molecular complexity index is 691. The van der Waals surface area contributed by atoms with Crippen molar-refractivity contribution in [2.45, 2.75) is 30.4 Å². The molecule has 3 nitrogen and oxygen atoms in total. The van der Waals surface area contributed by atoms with Crippen LogP contribution in [0.1, 0.15) is 17.7 Å². The van der Waals surface area contributed by atoms with E-state index in [-0.39, 0.29) is 5.82 Å². The van der Waals surface area contributed by atoms with Gasteiger partial charge in [0.25, 0.3) is 0 Å². The number of likely N-dealkylation sites (tertiary alicyclic amines) is 1. The van der Waals surface area contributed by atoms with Gasteiger partial charge in [-0.25, -0.2) is 4.39 Å². The number of ether oxygens (including phenoxy) is 1. The first-order chi connectivity index (χ1) is 11.7. The van der Waals surface area contributed by atoms with Crippen molar-refractivity contribution < 1.29 is 9.13 Å². The van der Waals surface area contributed by atoms with E-state index in [1.807, 2.05) is 42.1 Å². The number of rotatable bonds is 5. The molecule has 0 unspecified atom stereocenters. The van der Waals surface area contributed by atoms with Crippen LogP contribution in [-0.2, 0) is 17.9 Å². The van der Waals surface area contributed by atoms with Gasteiger partial charge >= 0.3 is 0 Å². The first-order valence-electron chi connectivity index (χ1n) is 8.34. The molecule has 2 fully saturated rings. The number of hydrogen-bond donors (Lipinski definition) is 0. The molecule has 24 heavy (non-hydrogen) atoms. The minimum Gasteiger partial charge on any atom is -0.371 e. The highest BCUT2D eigenvalue weighted by Gasteiger charge is 2.49. The van der Waals surface area contributed by atoms with Crippen molar-refractivity contribution in [3.05, 3.63) is 65.7 Å². The molecule has 2 aliphatic heterocycles. The van der Waals surface area contributed by atoms with Crippen molar-refractivity contribution in [3.8, 4) is 0 Å². The molecule has 0 saturated carbocycles. The monoisotopic (exact) mass is 344 g/mol. The summed E-state index contributed by atoms with van der Waals surface area (Å²) in [4.78, 5) is 6.63. The van der Waals surface area contributed by atoms with E-state index >= 15 is 0 Å². The van der Waals surface area contributed by atoms with Gasteiger partial charge in [-0.15, -0.1) is 11.8 Å². The first-order valence-corrected chi connectivity index (χ1v) is 9.32. The zero-order chi connectivity index (χ0) is 16.4. The fourth-order valence-electron chi connectivity index (χ4n) is 3.56. The summed E-state index contributed by atoms with van der Waals surface area (Å²) in [5, 5.41) is 0. The average molecular weight is 344 g/mol. The van der Waals surface area contributed by atoms with Crippen LogP contribution in [0, 0.1) is 5.82 Å². The second-order valence-corrected chi connectivity index (χ2v) is 8.18. The number of benzene rings is 1. The summed E-state index contributed by atoms with van der Waals surface area (Å²) in [6.45, 7) is 3.33. The standard InChI is InChI=1S/C19H21FN2OS/c20-18-7-2-1-5-15(18)10-22-13-19(14-22)9-17(12-24-19)23-11-16-6-3-4-8-21-16/h1-8,17H,9-14H2/t17-/m1/s1. The number of nitrogens with zero attached hydrogens (tertiary/aromatic N) is 2. The van der Waals surface area contributed by atoms with Crippen molar-refractivity contribution in [2.24, 2.45) is 0 Å². The molecule has 2 saturated heterocycles. The molecular formula is C19H21FN2OS. The van der Waals surface area contributed by atoms with Gasteiger partial charge in [0.1, 0.15) is 5.82 Å². The van der Waals surface area contributed by atoms with Crippen molar-refractivity contribution in [1.29, 1.82) is 0 Å². The second-order valence-electron chi connectivity index (χ2n) is 6.69. The van der Waals surface area contributed by atoms with E-state index in [0.717, 1.165) is 36.5 Å². The molecule has 0 N–H and O–H groups in total. The molecule has 1 aromatic heterocycles. The molecule has 2 aliphatic rings. The lowest BCUT2D eigenvalue weighted by molar-refractivity contribution is 0.0249. The smallest absolute Gasteiger partial charge is 0.127 e. The van der Waals surface area contributed by atoms with Gasteiger partial charge in [0.15, 0.2) is 0 Å². The molecule has 4 rings (SSSR count). The highest BCUT2D eigenvalue weighted by Crippen LogP contribution is 2.46. The largest absolute Gasteiger partial charge is 0.371 e. The van der Waals surface area contributed by atoms with Gasteiger partial charge in [-0.3, -0.25) is 9.88 Å². The Morgan fingerprint density at radius 2 is 2.04 bits per heavy atom. The molecule has 2 aromatic rings. The number of thioether (sulfide) groups is 1. The van der Waals surface area contributed by atoms with Gasteiger partial charge in [-0.05, 0) is 24.6 Å². The third-order valence-electron chi connectivity index (χ3n) is 4.74. The van der Waals surface area contributed by atoms with Crippen LogP contribution in [0.25, 0.3) is 0 Å². The quantitative estimate of drug-likeness (QED) is 0.829. The van der Waals surface area contributed by atoms with Gasteiger partial charge in [0.05, 0.1) is 18.4 Å². The molecule has 5 heteroatoms. The summed E-state index contributed by atoms with van der Waals surface area (Å²) < 4.78 is 20.1. The molecule has 0 amide bonds. The predicted molar refractivity (Wildman–Crippen MR) is 94.3 cm³/mol. The fraction of sp³-hybridized carbons (Fsp3) is 0.421. The van der Waals surface area contributed by atoms with E-state index in [4.69, 9.17) is 4.74 Å². The zero-order valence-corrected chi connectivity index (χ0v) is 14.3. The van der Waals surface area contributed by atoms with Crippen LogP contribution in [0.5, 0.6) is 0 Å². The van der Waals surface area contributed by atoms with E-state index in [9.17, 15) is 4.39 Å². The highest BCUT2D eigenvalue weighted by molar-refractivity contribution is 8.01. The van der Waals surface area contributed by atoms with Crippen molar-refractivity contribution in [3.63, 3.8) is 0 Å². The van der Waals surface area contributed by atoms with Crippen LogP contribution in [-0.4, -0.2) is 39.6 Å². The van der Waals surface area contributed by atoms with Gasteiger partial charge in [-0.1, -0.05) is 24.3 Å². The Morgan fingerprint density at radius 3 is 2.83 bits per heavy atom. The van der Waals surface area contributed by atoms with Gasteiger partial charge < -0.3 is 4.74 Å². The Balaban J connectivity index is 1.25. The third kappa shape index (κ3) is 3.48. The molecule has 1 spiro atoms. The molecule has 0 bridgehead atoms. The van der Waals surface area contributed by atoms with Crippen LogP contribution in [0.15, 0.2) is 48.7 Å². The molecular weight excluding hydrogens is 323 g/mol. The zero-order valence-electron chi connectivity index (χ0n) is 13.5. The lowest BCUT2D eigenvalue weighted by Gasteiger charge is -2.47. The van der Waals surface area contributed by atoms with Crippen LogP contribution < -0.4 is 0 Å². The van der Waals surface area contributed by atoms with E-state index in [1.54, 1.807) is 12.3 Å². The molecule has 3 heterocycles. The summed E-state index contributed by atoms with van der Waals surface area (Å²) in [5.41, 5.74) is 1.77. The van der Waals surface area contributed by atoms with Crippen molar-refractivity contribution in [1.82, 2.24) is 9.88 Å². The Morgan fingerprint density at radius 1 is 1.21 bits per heavy atom. The van der Waals surface area contributed by atoms with Gasteiger partial charge in [0.2, 0.25) is 0 Å². The third-order valence-corrected chi connectivity index (χ3v) is 6.32. The Kier molecular flexibility index (Phi) is 4.57. The second kappa shape index (κ2) is 6.82. The van der Waals surface area contributed by atoms with Gasteiger partial charge in [0, 0.05) is 41.9 Å². The number of halogens is 1. The SMILES string of the molecule is Fc1ccccc1CN1CC2(C[C@@H](OCc3ccccn3)CS2)C1. The van der Waals surface area contributed by atoms with Gasteiger partial charge in [-0.2, -0.15) is 0 Å². The van der Waals surface area contributed by atoms with Crippen LogP contribution in [0.4, 0.5) is 4.39 Å². The Hall–Kier alpha value is -1.43. The lowest BCUT2D eigenvalue weighted by atomic mass is 9.92. The van der Waals surface area contributed by atoms with Crippen LogP contribution in [0.2, 0.25) is 0 Å². The maximum absolute atomic E-state index is 13.7. The summed E-state index contributed by atoms with van der Waals surface area (Å²) in [6, 6.07) is 13.0. The van der Waals surface area contributed by atoms with E-state index in [0.29, 0.717) is 24.0 Å². The first kappa shape index (κ1) is 16.1. The van der Waals surface area contributed by atoms with Crippen LogP contribution >= 0.6 is 11.8 Å². The summed E-state index contributed by atoms with van der Waals surface area (Å²) in [6.07, 6.45) is 3.18.